The minimum Gasteiger partial charge on any atom is -0.475 e. The highest BCUT2D eigenvalue weighted by molar-refractivity contribution is 6.18. The Labute approximate surface area is 75.3 Å². The van der Waals surface area contributed by atoms with Crippen molar-refractivity contribution in [1.82, 2.24) is 0 Å². The van der Waals surface area contributed by atoms with Gasteiger partial charge in [-0.1, -0.05) is 12.7 Å². The molecule has 1 unspecified atom stereocenters. The maximum absolute atomic E-state index is 5.29. The van der Waals surface area contributed by atoms with Gasteiger partial charge in [0.2, 0.25) is 5.90 Å². The number of ether oxygens (including phenoxy) is 1. The lowest BCUT2D eigenvalue weighted by Gasteiger charge is -2.13. The molecule has 0 aliphatic carbocycles. The Morgan fingerprint density at radius 3 is 3.23 bits per heavy atom. The molecule has 66 valence electrons. The summed E-state index contributed by atoms with van der Waals surface area (Å²) in [4.78, 5) is 15.9. The average molecular weight is 176 g/mol. The van der Waals surface area contributed by atoms with Crippen LogP contribution in [0.15, 0.2) is 32.6 Å². The van der Waals surface area contributed by atoms with E-state index in [1.807, 2.05) is 0 Å². The lowest BCUT2D eigenvalue weighted by Crippen LogP contribution is -2.30. The molecule has 2 rings (SSSR count). The molecular weight excluding hydrogens is 168 g/mol. The third-order valence-corrected chi connectivity index (χ3v) is 1.61. The molecule has 2 aliphatic rings. The standard InChI is InChI=1S/C8H8N4O/c1-2-3-13-8-6-7(10-4-9-6)11-5-12-8/h2,4-6H,1,3H2. The van der Waals surface area contributed by atoms with Crippen molar-refractivity contribution in [2.75, 3.05) is 6.61 Å². The minimum atomic E-state index is -0.245. The van der Waals surface area contributed by atoms with Crippen molar-refractivity contribution in [1.29, 1.82) is 0 Å². The Morgan fingerprint density at radius 2 is 2.38 bits per heavy atom. The Bertz CT molecular complexity index is 340. The van der Waals surface area contributed by atoms with Gasteiger partial charge in [0.15, 0.2) is 11.9 Å². The molecule has 0 aromatic rings. The van der Waals surface area contributed by atoms with Crippen LogP contribution in [-0.4, -0.2) is 37.1 Å². The van der Waals surface area contributed by atoms with Gasteiger partial charge in [-0.15, -0.1) is 0 Å². The molecule has 0 bridgehead atoms. The summed E-state index contributed by atoms with van der Waals surface area (Å²) in [5.41, 5.74) is 0. The topological polar surface area (TPSA) is 58.7 Å². The molecule has 0 N–H and O–H groups in total. The molecule has 13 heavy (non-hydrogen) atoms. The van der Waals surface area contributed by atoms with Crippen molar-refractivity contribution in [3.8, 4) is 0 Å². The summed E-state index contributed by atoms with van der Waals surface area (Å²) in [6.45, 7) is 3.97. The van der Waals surface area contributed by atoms with Gasteiger partial charge in [-0.25, -0.2) is 15.0 Å². The highest BCUT2D eigenvalue weighted by Crippen LogP contribution is 2.09. The fraction of sp³-hybridized carbons (Fsp3) is 0.250. The smallest absolute Gasteiger partial charge is 0.223 e. The fourth-order valence-corrected chi connectivity index (χ4v) is 1.05. The second-order valence-electron chi connectivity index (χ2n) is 2.47. The van der Waals surface area contributed by atoms with Crippen LogP contribution in [0.5, 0.6) is 0 Å². The van der Waals surface area contributed by atoms with Crippen molar-refractivity contribution in [3.05, 3.63) is 12.7 Å². The Kier molecular flexibility index (Phi) is 1.99. The van der Waals surface area contributed by atoms with Gasteiger partial charge >= 0.3 is 0 Å². The van der Waals surface area contributed by atoms with Crippen LogP contribution in [0.25, 0.3) is 0 Å². The van der Waals surface area contributed by atoms with Crippen LogP contribution < -0.4 is 0 Å². The van der Waals surface area contributed by atoms with Gasteiger partial charge in [0.05, 0.1) is 0 Å². The van der Waals surface area contributed by atoms with Crippen molar-refractivity contribution >= 4 is 24.4 Å². The van der Waals surface area contributed by atoms with Gasteiger partial charge in [0.25, 0.3) is 0 Å². The summed E-state index contributed by atoms with van der Waals surface area (Å²) < 4.78 is 5.29. The quantitative estimate of drug-likeness (QED) is 0.563. The van der Waals surface area contributed by atoms with Gasteiger partial charge in [0, 0.05) is 0 Å². The normalized spacial score (nSPS) is 23.5. The molecule has 0 spiro atoms. The number of rotatable bonds is 2. The van der Waals surface area contributed by atoms with E-state index in [9.17, 15) is 0 Å². The molecule has 0 saturated carbocycles. The van der Waals surface area contributed by atoms with Crippen molar-refractivity contribution in [3.63, 3.8) is 0 Å². The summed E-state index contributed by atoms with van der Waals surface area (Å²) in [5, 5.41) is 0. The zero-order valence-corrected chi connectivity index (χ0v) is 6.92. The van der Waals surface area contributed by atoms with E-state index in [1.54, 1.807) is 6.08 Å². The van der Waals surface area contributed by atoms with Crippen LogP contribution in [-0.2, 0) is 4.74 Å². The van der Waals surface area contributed by atoms with E-state index in [1.165, 1.54) is 12.7 Å². The maximum Gasteiger partial charge on any atom is 0.223 e. The summed E-state index contributed by atoms with van der Waals surface area (Å²) in [6.07, 6.45) is 4.54. The zero-order chi connectivity index (χ0) is 9.10. The second kappa shape index (κ2) is 3.30. The second-order valence-corrected chi connectivity index (χ2v) is 2.47. The van der Waals surface area contributed by atoms with E-state index >= 15 is 0 Å². The highest BCUT2D eigenvalue weighted by atomic mass is 16.5. The van der Waals surface area contributed by atoms with Crippen LogP contribution in [0.1, 0.15) is 0 Å². The van der Waals surface area contributed by atoms with Crippen LogP contribution in [0.4, 0.5) is 0 Å². The predicted molar refractivity (Wildman–Crippen MR) is 51.8 cm³/mol. The van der Waals surface area contributed by atoms with E-state index in [2.05, 4.69) is 26.5 Å². The van der Waals surface area contributed by atoms with Gasteiger partial charge < -0.3 is 4.74 Å². The lowest BCUT2D eigenvalue weighted by atomic mass is 10.3. The molecule has 0 amide bonds. The van der Waals surface area contributed by atoms with Gasteiger partial charge in [-0.05, 0) is 0 Å². The molecule has 2 aliphatic heterocycles. The molecule has 0 radical (unpaired) electrons. The molecular formula is C8H8N4O. The van der Waals surface area contributed by atoms with E-state index in [0.717, 1.165) is 0 Å². The first kappa shape index (κ1) is 7.85. The first-order valence-corrected chi connectivity index (χ1v) is 3.85. The molecule has 5 nitrogen and oxygen atoms in total. The number of hydrogen-bond donors (Lipinski definition) is 0. The van der Waals surface area contributed by atoms with E-state index in [-0.39, 0.29) is 6.04 Å². The van der Waals surface area contributed by atoms with Gasteiger partial charge in [0.1, 0.15) is 19.3 Å². The van der Waals surface area contributed by atoms with Crippen LogP contribution in [0, 0.1) is 0 Å². The molecule has 0 aromatic heterocycles. The minimum absolute atomic E-state index is 0.245. The Morgan fingerprint density at radius 1 is 1.46 bits per heavy atom. The number of fused-ring (bicyclic) bond motifs is 1. The summed E-state index contributed by atoms with van der Waals surface area (Å²) in [7, 11) is 0. The molecule has 0 fully saturated rings. The lowest BCUT2D eigenvalue weighted by molar-refractivity contribution is 0.341. The maximum atomic E-state index is 5.29. The molecule has 0 aromatic carbocycles. The van der Waals surface area contributed by atoms with Crippen molar-refractivity contribution in [2.45, 2.75) is 6.04 Å². The third kappa shape index (κ3) is 1.40. The fourth-order valence-electron chi connectivity index (χ4n) is 1.05. The predicted octanol–water partition coefficient (Wildman–Crippen LogP) is 0.438. The molecule has 2 heterocycles. The van der Waals surface area contributed by atoms with E-state index in [0.29, 0.717) is 18.3 Å². The van der Waals surface area contributed by atoms with E-state index < -0.39 is 0 Å². The largest absolute Gasteiger partial charge is 0.475 e. The van der Waals surface area contributed by atoms with Crippen molar-refractivity contribution < 1.29 is 4.74 Å². The Balaban J connectivity index is 2.14. The zero-order valence-electron chi connectivity index (χ0n) is 6.92. The summed E-state index contributed by atoms with van der Waals surface area (Å²) in [6, 6.07) is -0.245. The van der Waals surface area contributed by atoms with Crippen molar-refractivity contribution in [2.24, 2.45) is 20.0 Å². The average Bonchev–Trinajstić information content (AvgIpc) is 2.62. The van der Waals surface area contributed by atoms with Gasteiger partial charge in [-0.3, -0.25) is 4.99 Å². The number of aliphatic imine (C=N–C) groups is 4. The number of amidine groups is 1. The molecule has 5 heteroatoms. The first-order chi connectivity index (χ1) is 6.42. The number of hydrogen-bond acceptors (Lipinski definition) is 5. The van der Waals surface area contributed by atoms with Crippen LogP contribution in [0.3, 0.4) is 0 Å². The van der Waals surface area contributed by atoms with E-state index in [4.69, 9.17) is 4.74 Å². The first-order valence-electron chi connectivity index (χ1n) is 3.85. The monoisotopic (exact) mass is 176 g/mol. The number of nitrogens with zero attached hydrogens (tertiary/aromatic N) is 4. The Hall–Kier alpha value is -1.78. The molecule has 1 atom stereocenters. The third-order valence-electron chi connectivity index (χ3n) is 1.61. The SMILES string of the molecule is C=CCOC1=NC=NC2=NC=NC21. The summed E-state index contributed by atoms with van der Waals surface area (Å²) >= 11 is 0. The van der Waals surface area contributed by atoms with Crippen LogP contribution >= 0.6 is 0 Å². The molecule has 0 saturated heterocycles. The van der Waals surface area contributed by atoms with Crippen LogP contribution in [0.2, 0.25) is 0 Å². The van der Waals surface area contributed by atoms with Gasteiger partial charge in [-0.2, -0.15) is 0 Å². The highest BCUT2D eigenvalue weighted by Gasteiger charge is 2.27. The summed E-state index contributed by atoms with van der Waals surface area (Å²) in [5.74, 6) is 1.16.